The third-order valence-electron chi connectivity index (χ3n) is 3.66. The highest BCUT2D eigenvalue weighted by Gasteiger charge is 2.20. The first-order valence-electron chi connectivity index (χ1n) is 6.43. The van der Waals surface area contributed by atoms with Crippen molar-refractivity contribution in [2.24, 2.45) is 0 Å². The average molecular weight is 244 g/mol. The van der Waals surface area contributed by atoms with Crippen LogP contribution in [0.1, 0.15) is 43.0 Å². The van der Waals surface area contributed by atoms with Gasteiger partial charge in [-0.2, -0.15) is 0 Å². The Kier molecular flexibility index (Phi) is 2.78. The van der Waals surface area contributed by atoms with Crippen molar-refractivity contribution in [3.05, 3.63) is 29.6 Å². The van der Waals surface area contributed by atoms with Crippen LogP contribution in [-0.2, 0) is 11.2 Å². The van der Waals surface area contributed by atoms with Gasteiger partial charge < -0.3 is 10.1 Å². The van der Waals surface area contributed by atoms with Gasteiger partial charge in [0.05, 0.1) is 17.5 Å². The first-order chi connectivity index (χ1) is 8.72. The molecule has 18 heavy (non-hydrogen) atoms. The van der Waals surface area contributed by atoms with Crippen LogP contribution in [0.5, 0.6) is 0 Å². The third-order valence-corrected chi connectivity index (χ3v) is 3.66. The molecule has 1 saturated carbocycles. The summed E-state index contributed by atoms with van der Waals surface area (Å²) in [5.41, 5.74) is 2.71. The first-order valence-corrected chi connectivity index (χ1v) is 6.43. The SMILES string of the molecule is O=C(O)Cc1ccc2nc(C3CCCC3)[nH]c2c1. The predicted molar refractivity (Wildman–Crippen MR) is 68.6 cm³/mol. The molecule has 1 aromatic carbocycles. The summed E-state index contributed by atoms with van der Waals surface area (Å²) in [4.78, 5) is 18.7. The van der Waals surface area contributed by atoms with Crippen LogP contribution in [0.25, 0.3) is 11.0 Å². The number of hydrogen-bond donors (Lipinski definition) is 2. The molecular formula is C14H16N2O2. The van der Waals surface area contributed by atoms with E-state index in [0.717, 1.165) is 22.4 Å². The van der Waals surface area contributed by atoms with Gasteiger partial charge in [0.25, 0.3) is 0 Å². The van der Waals surface area contributed by atoms with Crippen LogP contribution in [0.4, 0.5) is 0 Å². The number of hydrogen-bond acceptors (Lipinski definition) is 2. The second-order valence-corrected chi connectivity index (χ2v) is 5.03. The number of benzene rings is 1. The zero-order chi connectivity index (χ0) is 12.5. The van der Waals surface area contributed by atoms with E-state index in [0.29, 0.717) is 5.92 Å². The molecule has 0 unspecified atom stereocenters. The van der Waals surface area contributed by atoms with Crippen molar-refractivity contribution in [2.45, 2.75) is 38.0 Å². The minimum absolute atomic E-state index is 0.0632. The van der Waals surface area contributed by atoms with Gasteiger partial charge in [-0.15, -0.1) is 0 Å². The van der Waals surface area contributed by atoms with Crippen LogP contribution in [0.15, 0.2) is 18.2 Å². The number of imidazole rings is 1. The number of aromatic nitrogens is 2. The third kappa shape index (κ3) is 2.10. The van der Waals surface area contributed by atoms with E-state index in [-0.39, 0.29) is 6.42 Å². The Hall–Kier alpha value is -1.84. The minimum Gasteiger partial charge on any atom is -0.481 e. The van der Waals surface area contributed by atoms with Crippen LogP contribution in [0, 0.1) is 0 Å². The number of rotatable bonds is 3. The quantitative estimate of drug-likeness (QED) is 0.872. The van der Waals surface area contributed by atoms with Crippen molar-refractivity contribution in [1.29, 1.82) is 0 Å². The molecule has 2 N–H and O–H groups in total. The van der Waals surface area contributed by atoms with Gasteiger partial charge in [0.15, 0.2) is 0 Å². The normalized spacial score (nSPS) is 16.4. The van der Waals surface area contributed by atoms with E-state index in [4.69, 9.17) is 5.11 Å². The Morgan fingerprint density at radius 1 is 1.39 bits per heavy atom. The average Bonchev–Trinajstić information content (AvgIpc) is 2.95. The maximum Gasteiger partial charge on any atom is 0.307 e. The number of carbonyl (C=O) groups is 1. The van der Waals surface area contributed by atoms with E-state index < -0.39 is 5.97 Å². The second-order valence-electron chi connectivity index (χ2n) is 5.03. The molecule has 1 aromatic heterocycles. The molecule has 94 valence electrons. The van der Waals surface area contributed by atoms with Crippen LogP contribution in [-0.4, -0.2) is 21.0 Å². The van der Waals surface area contributed by atoms with Crippen molar-refractivity contribution < 1.29 is 9.90 Å². The molecule has 4 heteroatoms. The maximum atomic E-state index is 10.7. The lowest BCUT2D eigenvalue weighted by Crippen LogP contribution is -1.99. The number of carboxylic acids is 1. The number of aliphatic carboxylic acids is 1. The molecule has 4 nitrogen and oxygen atoms in total. The molecule has 2 aromatic rings. The lowest BCUT2D eigenvalue weighted by atomic mass is 10.1. The summed E-state index contributed by atoms with van der Waals surface area (Å²) in [7, 11) is 0. The molecule has 1 aliphatic rings. The van der Waals surface area contributed by atoms with Gasteiger partial charge >= 0.3 is 5.97 Å². The highest BCUT2D eigenvalue weighted by molar-refractivity contribution is 5.78. The van der Waals surface area contributed by atoms with Gasteiger partial charge in [0.2, 0.25) is 0 Å². The fraction of sp³-hybridized carbons (Fsp3) is 0.429. The molecular weight excluding hydrogens is 228 g/mol. The predicted octanol–water partition coefficient (Wildman–Crippen LogP) is 2.85. The monoisotopic (exact) mass is 244 g/mol. The van der Waals surface area contributed by atoms with Crippen LogP contribution < -0.4 is 0 Å². The molecule has 3 rings (SSSR count). The number of aromatic amines is 1. The fourth-order valence-corrected chi connectivity index (χ4v) is 2.75. The summed E-state index contributed by atoms with van der Waals surface area (Å²) in [6, 6.07) is 5.65. The highest BCUT2D eigenvalue weighted by atomic mass is 16.4. The van der Waals surface area contributed by atoms with Gasteiger partial charge in [-0.25, -0.2) is 4.98 Å². The van der Waals surface area contributed by atoms with Crippen LogP contribution in [0.3, 0.4) is 0 Å². The second kappa shape index (κ2) is 4.44. The molecule has 0 amide bonds. The van der Waals surface area contributed by atoms with E-state index >= 15 is 0 Å². The Balaban J connectivity index is 1.93. The lowest BCUT2D eigenvalue weighted by molar-refractivity contribution is -0.136. The summed E-state index contributed by atoms with van der Waals surface area (Å²) in [6.45, 7) is 0. The number of H-pyrrole nitrogens is 1. The summed E-state index contributed by atoms with van der Waals surface area (Å²) < 4.78 is 0. The van der Waals surface area contributed by atoms with E-state index in [1.165, 1.54) is 25.7 Å². The zero-order valence-electron chi connectivity index (χ0n) is 10.1. The number of carboxylic acid groups (broad SMARTS) is 1. The van der Waals surface area contributed by atoms with Crippen molar-refractivity contribution in [3.63, 3.8) is 0 Å². The molecule has 1 heterocycles. The molecule has 0 atom stereocenters. The van der Waals surface area contributed by atoms with Crippen molar-refractivity contribution in [3.8, 4) is 0 Å². The topological polar surface area (TPSA) is 66.0 Å². The fourth-order valence-electron chi connectivity index (χ4n) is 2.75. The Morgan fingerprint density at radius 3 is 2.89 bits per heavy atom. The molecule has 0 spiro atoms. The molecule has 1 fully saturated rings. The molecule has 0 bridgehead atoms. The van der Waals surface area contributed by atoms with Gasteiger partial charge in [-0.3, -0.25) is 4.79 Å². The Labute approximate surface area is 105 Å². The standard InChI is InChI=1S/C14H16N2O2/c17-13(18)8-9-5-6-11-12(7-9)16-14(15-11)10-3-1-2-4-10/h5-7,10H,1-4,8H2,(H,15,16)(H,17,18). The van der Waals surface area contributed by atoms with E-state index in [9.17, 15) is 4.79 Å². The summed E-state index contributed by atoms with van der Waals surface area (Å²) >= 11 is 0. The van der Waals surface area contributed by atoms with E-state index in [1.54, 1.807) is 0 Å². The molecule has 0 aliphatic heterocycles. The number of nitrogens with one attached hydrogen (secondary N) is 1. The smallest absolute Gasteiger partial charge is 0.307 e. The van der Waals surface area contributed by atoms with Gasteiger partial charge in [0, 0.05) is 5.92 Å². The summed E-state index contributed by atoms with van der Waals surface area (Å²) in [5.74, 6) is 0.820. The van der Waals surface area contributed by atoms with Crippen LogP contribution >= 0.6 is 0 Å². The van der Waals surface area contributed by atoms with Crippen LogP contribution in [0.2, 0.25) is 0 Å². The van der Waals surface area contributed by atoms with E-state index in [1.807, 2.05) is 18.2 Å². The van der Waals surface area contributed by atoms with Gasteiger partial charge in [-0.05, 0) is 30.5 Å². The lowest BCUT2D eigenvalue weighted by Gasteiger charge is -2.02. The first kappa shape index (κ1) is 11.3. The number of nitrogens with zero attached hydrogens (tertiary/aromatic N) is 1. The van der Waals surface area contributed by atoms with Crippen molar-refractivity contribution in [1.82, 2.24) is 9.97 Å². The largest absolute Gasteiger partial charge is 0.481 e. The van der Waals surface area contributed by atoms with Gasteiger partial charge in [-0.1, -0.05) is 18.9 Å². The summed E-state index contributed by atoms with van der Waals surface area (Å²) in [5, 5.41) is 8.79. The molecule has 0 radical (unpaired) electrons. The minimum atomic E-state index is -0.801. The van der Waals surface area contributed by atoms with E-state index in [2.05, 4.69) is 9.97 Å². The number of fused-ring (bicyclic) bond motifs is 1. The Bertz CT molecular complexity index is 582. The Morgan fingerprint density at radius 2 is 2.17 bits per heavy atom. The highest BCUT2D eigenvalue weighted by Crippen LogP contribution is 2.33. The summed E-state index contributed by atoms with van der Waals surface area (Å²) in [6.07, 6.45) is 5.05. The maximum absolute atomic E-state index is 10.7. The zero-order valence-corrected chi connectivity index (χ0v) is 10.1. The van der Waals surface area contributed by atoms with Gasteiger partial charge in [0.1, 0.15) is 5.82 Å². The molecule has 0 saturated heterocycles. The molecule has 1 aliphatic carbocycles. The van der Waals surface area contributed by atoms with Crippen molar-refractivity contribution in [2.75, 3.05) is 0 Å². The van der Waals surface area contributed by atoms with Crippen molar-refractivity contribution >= 4 is 17.0 Å².